The van der Waals surface area contributed by atoms with Gasteiger partial charge < -0.3 is 19.7 Å². The third-order valence-corrected chi connectivity index (χ3v) is 7.36. The largest absolute Gasteiger partial charge is 0.480 e. The van der Waals surface area contributed by atoms with Crippen molar-refractivity contribution in [3.63, 3.8) is 0 Å². The Morgan fingerprint density at radius 3 is 2.68 bits per heavy atom. The lowest BCUT2D eigenvalue weighted by atomic mass is 9.99. The Labute approximate surface area is 215 Å². The number of nitrogens with zero attached hydrogens (tertiary/aromatic N) is 5. The highest BCUT2D eigenvalue weighted by atomic mass is 32.2. The lowest BCUT2D eigenvalue weighted by Gasteiger charge is -2.26. The molecule has 0 bridgehead atoms. The molecule has 5 rings (SSSR count). The second-order valence-electron chi connectivity index (χ2n) is 9.52. The van der Waals surface area contributed by atoms with E-state index >= 15 is 0 Å². The quantitative estimate of drug-likeness (QED) is 0.469. The van der Waals surface area contributed by atoms with Crippen LogP contribution in [0.3, 0.4) is 0 Å². The standard InChI is InChI=1S/C24H31N7O5S/c1-30-22-18(13-26-30)20(27-17-4-7-31(14-17)24(32)15-5-8-36-9-6-15)11-19(28-22)16-10-21(29-37(3,33)34)23(35-2)25-12-16/h10-13,15,17,29H,4-9,14H2,1-3H3,(H,27,28)/t17-/m1/s1. The van der Waals surface area contributed by atoms with Crippen molar-refractivity contribution in [2.75, 3.05) is 49.7 Å². The molecule has 0 aliphatic carbocycles. The molecule has 3 aromatic heterocycles. The van der Waals surface area contributed by atoms with E-state index in [1.807, 2.05) is 18.0 Å². The lowest BCUT2D eigenvalue weighted by Crippen LogP contribution is -2.38. The molecular formula is C24H31N7O5S. The molecule has 1 amide bonds. The zero-order valence-electron chi connectivity index (χ0n) is 21.1. The van der Waals surface area contributed by atoms with Crippen molar-refractivity contribution in [2.45, 2.75) is 25.3 Å². The first-order valence-electron chi connectivity index (χ1n) is 12.2. The number of methoxy groups -OCH3 is 1. The molecular weight excluding hydrogens is 498 g/mol. The molecule has 13 heteroatoms. The van der Waals surface area contributed by atoms with Crippen molar-refractivity contribution in [3.8, 4) is 17.1 Å². The summed E-state index contributed by atoms with van der Waals surface area (Å²) >= 11 is 0. The molecule has 0 spiro atoms. The van der Waals surface area contributed by atoms with Gasteiger partial charge in [0.25, 0.3) is 0 Å². The number of ether oxygens (including phenoxy) is 2. The van der Waals surface area contributed by atoms with Gasteiger partial charge in [-0.25, -0.2) is 18.4 Å². The van der Waals surface area contributed by atoms with Gasteiger partial charge in [0.1, 0.15) is 5.69 Å². The number of pyridine rings is 2. The van der Waals surface area contributed by atoms with Gasteiger partial charge in [-0.3, -0.25) is 14.2 Å². The number of aromatic nitrogens is 4. The predicted molar refractivity (Wildman–Crippen MR) is 139 cm³/mol. The van der Waals surface area contributed by atoms with Gasteiger partial charge in [0, 0.05) is 62.8 Å². The number of hydrogen-bond acceptors (Lipinski definition) is 9. The van der Waals surface area contributed by atoms with E-state index in [1.165, 1.54) is 7.11 Å². The first-order chi connectivity index (χ1) is 17.7. The fraction of sp³-hybridized carbons (Fsp3) is 0.500. The van der Waals surface area contributed by atoms with Gasteiger partial charge in [0.2, 0.25) is 21.8 Å². The van der Waals surface area contributed by atoms with E-state index in [4.69, 9.17) is 14.5 Å². The Bertz CT molecular complexity index is 1420. The zero-order chi connectivity index (χ0) is 26.2. The molecule has 0 aromatic carbocycles. The molecule has 2 N–H and O–H groups in total. The van der Waals surface area contributed by atoms with E-state index in [2.05, 4.69) is 20.1 Å². The van der Waals surface area contributed by atoms with E-state index < -0.39 is 10.0 Å². The number of carbonyl (C=O) groups excluding carboxylic acids is 1. The van der Waals surface area contributed by atoms with Crippen molar-refractivity contribution in [1.82, 2.24) is 24.6 Å². The molecule has 1 atom stereocenters. The van der Waals surface area contributed by atoms with Crippen LogP contribution in [-0.2, 0) is 26.6 Å². The molecule has 198 valence electrons. The number of sulfonamides is 1. The monoisotopic (exact) mass is 529 g/mol. The predicted octanol–water partition coefficient (Wildman–Crippen LogP) is 1.85. The van der Waals surface area contributed by atoms with Gasteiger partial charge in [-0.05, 0) is 31.4 Å². The van der Waals surface area contributed by atoms with Gasteiger partial charge in [-0.15, -0.1) is 0 Å². The number of hydrogen-bond donors (Lipinski definition) is 2. The number of likely N-dealkylation sites (tertiary alicyclic amines) is 1. The smallest absolute Gasteiger partial charge is 0.238 e. The number of fused-ring (bicyclic) bond motifs is 1. The minimum absolute atomic E-state index is 0.0439. The molecule has 37 heavy (non-hydrogen) atoms. The van der Waals surface area contributed by atoms with Gasteiger partial charge >= 0.3 is 0 Å². The van der Waals surface area contributed by atoms with E-state index in [9.17, 15) is 13.2 Å². The van der Waals surface area contributed by atoms with Crippen molar-refractivity contribution in [1.29, 1.82) is 0 Å². The summed E-state index contributed by atoms with van der Waals surface area (Å²) in [5.41, 5.74) is 2.94. The normalized spacial score (nSPS) is 18.8. The molecule has 2 aliphatic heterocycles. The summed E-state index contributed by atoms with van der Waals surface area (Å²) in [6, 6.07) is 3.63. The van der Waals surface area contributed by atoms with Crippen LogP contribution in [0.25, 0.3) is 22.3 Å². The highest BCUT2D eigenvalue weighted by Crippen LogP contribution is 2.33. The second kappa shape index (κ2) is 10.1. The summed E-state index contributed by atoms with van der Waals surface area (Å²) in [6.07, 6.45) is 6.81. The number of anilines is 2. The summed E-state index contributed by atoms with van der Waals surface area (Å²) in [5.74, 6) is 0.418. The van der Waals surface area contributed by atoms with Crippen LogP contribution in [0, 0.1) is 5.92 Å². The number of rotatable bonds is 7. The maximum atomic E-state index is 13.0. The summed E-state index contributed by atoms with van der Waals surface area (Å²) in [4.78, 5) is 24.0. The van der Waals surface area contributed by atoms with Crippen molar-refractivity contribution >= 4 is 38.3 Å². The molecule has 3 aromatic rings. The van der Waals surface area contributed by atoms with Gasteiger partial charge in [-0.1, -0.05) is 0 Å². The van der Waals surface area contributed by atoms with Gasteiger partial charge in [0.05, 0.1) is 30.6 Å². The minimum atomic E-state index is -3.54. The Morgan fingerprint density at radius 1 is 1.16 bits per heavy atom. The summed E-state index contributed by atoms with van der Waals surface area (Å²) in [7, 11) is -0.301. The molecule has 2 fully saturated rings. The average molecular weight is 530 g/mol. The van der Waals surface area contributed by atoms with Crippen LogP contribution in [-0.4, -0.2) is 84.7 Å². The molecule has 0 unspecified atom stereocenters. The third kappa shape index (κ3) is 5.47. The van der Waals surface area contributed by atoms with Crippen LogP contribution in [0.15, 0.2) is 24.5 Å². The zero-order valence-corrected chi connectivity index (χ0v) is 21.9. The third-order valence-electron chi connectivity index (χ3n) is 6.77. The minimum Gasteiger partial charge on any atom is -0.480 e. The molecule has 0 saturated carbocycles. The molecule has 2 saturated heterocycles. The topological polar surface area (TPSA) is 141 Å². The van der Waals surface area contributed by atoms with Gasteiger partial charge in [0.15, 0.2) is 5.65 Å². The highest BCUT2D eigenvalue weighted by Gasteiger charge is 2.32. The maximum absolute atomic E-state index is 13.0. The van der Waals surface area contributed by atoms with Crippen molar-refractivity contribution in [3.05, 3.63) is 24.5 Å². The van der Waals surface area contributed by atoms with Crippen LogP contribution in [0.4, 0.5) is 11.4 Å². The van der Waals surface area contributed by atoms with E-state index in [1.54, 1.807) is 23.1 Å². The first-order valence-corrected chi connectivity index (χ1v) is 14.1. The Morgan fingerprint density at radius 2 is 1.95 bits per heavy atom. The molecule has 5 heterocycles. The van der Waals surface area contributed by atoms with Gasteiger partial charge in [-0.2, -0.15) is 5.10 Å². The first kappa shape index (κ1) is 25.2. The van der Waals surface area contributed by atoms with E-state index in [-0.39, 0.29) is 29.4 Å². The van der Waals surface area contributed by atoms with Crippen molar-refractivity contribution < 1.29 is 22.7 Å². The Hall–Kier alpha value is -3.45. The number of amides is 1. The molecule has 0 radical (unpaired) electrons. The number of nitrogens with one attached hydrogen (secondary N) is 2. The van der Waals surface area contributed by atoms with Crippen LogP contribution < -0.4 is 14.8 Å². The SMILES string of the molecule is COc1ncc(-c2cc(N[C@@H]3CCN(C(=O)C4CCOCC4)C3)c3cnn(C)c3n2)cc1NS(C)(=O)=O. The fourth-order valence-corrected chi connectivity index (χ4v) is 5.46. The Balaban J connectivity index is 1.42. The average Bonchev–Trinajstić information content (AvgIpc) is 3.50. The number of carbonyl (C=O) groups is 1. The summed E-state index contributed by atoms with van der Waals surface area (Å²) in [6.45, 7) is 2.63. The van der Waals surface area contributed by atoms with E-state index in [0.717, 1.165) is 36.6 Å². The highest BCUT2D eigenvalue weighted by molar-refractivity contribution is 7.92. The fourth-order valence-electron chi connectivity index (χ4n) is 4.91. The molecule has 12 nitrogen and oxygen atoms in total. The van der Waals surface area contributed by atoms with Crippen LogP contribution in [0.5, 0.6) is 5.88 Å². The van der Waals surface area contributed by atoms with E-state index in [0.29, 0.717) is 43.2 Å². The van der Waals surface area contributed by atoms with Crippen LogP contribution in [0.1, 0.15) is 19.3 Å². The van der Waals surface area contributed by atoms with Crippen molar-refractivity contribution in [2.24, 2.45) is 13.0 Å². The lowest BCUT2D eigenvalue weighted by molar-refractivity contribution is -0.137. The summed E-state index contributed by atoms with van der Waals surface area (Å²) < 4.78 is 38.5. The molecule has 2 aliphatic rings. The Kier molecular flexibility index (Phi) is 6.90. The van der Waals surface area contributed by atoms with Crippen LogP contribution in [0.2, 0.25) is 0 Å². The summed E-state index contributed by atoms with van der Waals surface area (Å²) in [5, 5.41) is 8.83. The van der Waals surface area contributed by atoms with Crippen LogP contribution >= 0.6 is 0 Å². The maximum Gasteiger partial charge on any atom is 0.238 e. The second-order valence-corrected chi connectivity index (χ2v) is 11.3. The number of aryl methyl sites for hydroxylation is 1.